The number of rotatable bonds is 11. The van der Waals surface area contributed by atoms with Gasteiger partial charge in [-0.05, 0) is 19.3 Å². The Bertz CT molecular complexity index is 215. The molecule has 0 aliphatic carbocycles. The molecule has 1 aliphatic rings. The molecule has 1 aliphatic heterocycles. The minimum atomic E-state index is 0.915. The van der Waals surface area contributed by atoms with Crippen molar-refractivity contribution < 1.29 is 4.79 Å². The van der Waals surface area contributed by atoms with Crippen molar-refractivity contribution in [3.63, 3.8) is 0 Å². The number of unbranched alkanes of at least 4 members (excludes halogenated alkanes) is 7. The van der Waals surface area contributed by atoms with E-state index in [1.807, 2.05) is 5.01 Å². The quantitative estimate of drug-likeness (QED) is 0.418. The SMILES string of the molecule is CCCCCCCCCCN(C=O)N1CCCCC1. The fourth-order valence-electron chi connectivity index (χ4n) is 2.80. The zero-order valence-corrected chi connectivity index (χ0v) is 12.8. The van der Waals surface area contributed by atoms with Gasteiger partial charge in [-0.25, -0.2) is 5.01 Å². The zero-order chi connectivity index (χ0) is 13.8. The molecule has 1 rings (SSSR count). The number of carbonyl (C=O) groups is 1. The van der Waals surface area contributed by atoms with E-state index in [9.17, 15) is 4.79 Å². The van der Waals surface area contributed by atoms with Gasteiger partial charge in [0.15, 0.2) is 0 Å². The van der Waals surface area contributed by atoms with Crippen LogP contribution in [0.1, 0.15) is 77.6 Å². The molecular weight excluding hydrogens is 236 g/mol. The lowest BCUT2D eigenvalue weighted by Gasteiger charge is -2.34. The van der Waals surface area contributed by atoms with E-state index in [1.54, 1.807) is 0 Å². The van der Waals surface area contributed by atoms with Crippen molar-refractivity contribution >= 4 is 6.41 Å². The highest BCUT2D eigenvalue weighted by Crippen LogP contribution is 2.12. The standard InChI is InChI=1S/C16H32N2O/c1-2-3-4-5-6-7-8-10-15-18(16-19)17-13-11-9-12-14-17/h16H,2-15H2,1H3. The van der Waals surface area contributed by atoms with Crippen LogP contribution in [0.25, 0.3) is 0 Å². The molecule has 0 atom stereocenters. The fraction of sp³-hybridized carbons (Fsp3) is 0.938. The minimum Gasteiger partial charge on any atom is -0.278 e. The highest BCUT2D eigenvalue weighted by atomic mass is 16.1. The van der Waals surface area contributed by atoms with Gasteiger partial charge in [0.2, 0.25) is 6.41 Å². The number of piperidine rings is 1. The van der Waals surface area contributed by atoms with Crippen molar-refractivity contribution in [2.75, 3.05) is 19.6 Å². The van der Waals surface area contributed by atoms with Gasteiger partial charge in [0.1, 0.15) is 0 Å². The highest BCUT2D eigenvalue weighted by Gasteiger charge is 2.15. The van der Waals surface area contributed by atoms with Crippen LogP contribution < -0.4 is 0 Å². The second-order valence-corrected chi connectivity index (χ2v) is 5.76. The van der Waals surface area contributed by atoms with Crippen molar-refractivity contribution in [3.05, 3.63) is 0 Å². The summed E-state index contributed by atoms with van der Waals surface area (Å²) < 4.78 is 0. The summed E-state index contributed by atoms with van der Waals surface area (Å²) in [5, 5.41) is 4.15. The summed E-state index contributed by atoms with van der Waals surface area (Å²) in [5.41, 5.74) is 0. The first-order valence-corrected chi connectivity index (χ1v) is 8.35. The smallest absolute Gasteiger partial charge is 0.224 e. The predicted molar refractivity (Wildman–Crippen MR) is 80.8 cm³/mol. The molecule has 1 heterocycles. The predicted octanol–water partition coefficient (Wildman–Crippen LogP) is 3.99. The molecule has 19 heavy (non-hydrogen) atoms. The number of hydrogen-bond acceptors (Lipinski definition) is 2. The summed E-state index contributed by atoms with van der Waals surface area (Å²) in [4.78, 5) is 11.1. The van der Waals surface area contributed by atoms with Crippen molar-refractivity contribution in [2.45, 2.75) is 77.6 Å². The first-order chi connectivity index (χ1) is 9.38. The summed E-state index contributed by atoms with van der Waals surface area (Å²) >= 11 is 0. The zero-order valence-electron chi connectivity index (χ0n) is 12.8. The molecule has 0 aromatic rings. The summed E-state index contributed by atoms with van der Waals surface area (Å²) in [6, 6.07) is 0. The Hall–Kier alpha value is -0.570. The maximum atomic E-state index is 11.1. The third-order valence-electron chi connectivity index (χ3n) is 4.06. The van der Waals surface area contributed by atoms with Gasteiger partial charge in [-0.15, -0.1) is 0 Å². The summed E-state index contributed by atoms with van der Waals surface area (Å²) in [6.07, 6.45) is 15.4. The molecule has 3 nitrogen and oxygen atoms in total. The molecule has 112 valence electrons. The molecule has 1 amide bonds. The third-order valence-corrected chi connectivity index (χ3v) is 4.06. The van der Waals surface area contributed by atoms with Gasteiger partial charge in [-0.3, -0.25) is 9.80 Å². The first kappa shape index (κ1) is 16.5. The summed E-state index contributed by atoms with van der Waals surface area (Å²) in [6.45, 7) is 5.30. The minimum absolute atomic E-state index is 0.915. The second kappa shape index (κ2) is 11.3. The molecule has 0 radical (unpaired) electrons. The maximum Gasteiger partial charge on any atom is 0.224 e. The number of carbonyl (C=O) groups excluding carboxylic acids is 1. The lowest BCUT2D eigenvalue weighted by molar-refractivity contribution is -0.136. The summed E-state index contributed by atoms with van der Waals surface area (Å²) in [7, 11) is 0. The monoisotopic (exact) mass is 268 g/mol. The molecular formula is C16H32N2O. The van der Waals surface area contributed by atoms with Crippen molar-refractivity contribution in [2.24, 2.45) is 0 Å². The molecule has 0 N–H and O–H groups in total. The van der Waals surface area contributed by atoms with Gasteiger partial charge >= 0.3 is 0 Å². The normalized spacial score (nSPS) is 16.5. The summed E-state index contributed by atoms with van der Waals surface area (Å²) in [5.74, 6) is 0. The second-order valence-electron chi connectivity index (χ2n) is 5.76. The van der Waals surface area contributed by atoms with E-state index in [-0.39, 0.29) is 0 Å². The Labute approximate surface area is 119 Å². The van der Waals surface area contributed by atoms with Gasteiger partial charge in [0.05, 0.1) is 0 Å². The van der Waals surface area contributed by atoms with Gasteiger partial charge in [-0.2, -0.15) is 0 Å². The van der Waals surface area contributed by atoms with E-state index < -0.39 is 0 Å². The van der Waals surface area contributed by atoms with E-state index in [2.05, 4.69) is 11.9 Å². The largest absolute Gasteiger partial charge is 0.278 e. The van der Waals surface area contributed by atoms with E-state index in [1.165, 1.54) is 64.2 Å². The van der Waals surface area contributed by atoms with Crippen molar-refractivity contribution in [1.29, 1.82) is 0 Å². The third kappa shape index (κ3) is 7.56. The van der Waals surface area contributed by atoms with E-state index >= 15 is 0 Å². The average molecular weight is 268 g/mol. The number of hydrazine groups is 1. The number of amides is 1. The van der Waals surface area contributed by atoms with Crippen LogP contribution in [0, 0.1) is 0 Å². The van der Waals surface area contributed by atoms with Crippen molar-refractivity contribution in [3.8, 4) is 0 Å². The van der Waals surface area contributed by atoms with Gasteiger partial charge in [0.25, 0.3) is 0 Å². The van der Waals surface area contributed by atoms with Gasteiger partial charge in [0, 0.05) is 19.6 Å². The Kier molecular flexibility index (Phi) is 9.78. The van der Waals surface area contributed by atoms with Crippen molar-refractivity contribution in [1.82, 2.24) is 10.0 Å². The van der Waals surface area contributed by atoms with Crippen LogP contribution in [-0.2, 0) is 4.79 Å². The Morgan fingerprint density at radius 1 is 0.895 bits per heavy atom. The molecule has 0 unspecified atom stereocenters. The topological polar surface area (TPSA) is 23.6 Å². The molecule has 3 heteroatoms. The molecule has 0 saturated carbocycles. The maximum absolute atomic E-state index is 11.1. The fourth-order valence-corrected chi connectivity index (χ4v) is 2.80. The van der Waals surface area contributed by atoms with Crippen LogP contribution in [0.5, 0.6) is 0 Å². The van der Waals surface area contributed by atoms with E-state index in [0.717, 1.165) is 32.5 Å². The molecule has 0 spiro atoms. The lowest BCUT2D eigenvalue weighted by Crippen LogP contribution is -2.45. The molecule has 1 saturated heterocycles. The Morgan fingerprint density at radius 3 is 2.05 bits per heavy atom. The molecule has 0 aromatic heterocycles. The van der Waals surface area contributed by atoms with Crippen LogP contribution >= 0.6 is 0 Å². The number of hydrogen-bond donors (Lipinski definition) is 0. The lowest BCUT2D eigenvalue weighted by atomic mass is 10.1. The van der Waals surface area contributed by atoms with Crippen LogP contribution in [0.4, 0.5) is 0 Å². The Balaban J connectivity index is 1.98. The van der Waals surface area contributed by atoms with Gasteiger partial charge in [-0.1, -0.05) is 58.3 Å². The van der Waals surface area contributed by atoms with Crippen LogP contribution in [0.3, 0.4) is 0 Å². The molecule has 1 fully saturated rings. The average Bonchev–Trinajstić information content (AvgIpc) is 2.47. The van der Waals surface area contributed by atoms with Crippen LogP contribution in [0.15, 0.2) is 0 Å². The molecule has 0 aromatic carbocycles. The van der Waals surface area contributed by atoms with Gasteiger partial charge < -0.3 is 0 Å². The Morgan fingerprint density at radius 2 is 1.47 bits per heavy atom. The highest BCUT2D eigenvalue weighted by molar-refractivity contribution is 5.46. The van der Waals surface area contributed by atoms with E-state index in [4.69, 9.17) is 0 Å². The van der Waals surface area contributed by atoms with E-state index in [0.29, 0.717) is 0 Å². The van der Waals surface area contributed by atoms with Crippen LogP contribution in [-0.4, -0.2) is 36.1 Å². The number of nitrogens with zero attached hydrogens (tertiary/aromatic N) is 2. The van der Waals surface area contributed by atoms with Crippen LogP contribution in [0.2, 0.25) is 0 Å². The molecule has 0 bridgehead atoms. The first-order valence-electron chi connectivity index (χ1n) is 8.35.